The second-order valence-electron chi connectivity index (χ2n) is 8.06. The van der Waals surface area contributed by atoms with Crippen LogP contribution in [0.2, 0.25) is 0 Å². The van der Waals surface area contributed by atoms with Crippen LogP contribution in [0.25, 0.3) is 16.5 Å². The number of hydrogen-bond acceptors (Lipinski definition) is 4. The zero-order valence-electron chi connectivity index (χ0n) is 17.0. The number of benzene rings is 3. The predicted molar refractivity (Wildman–Crippen MR) is 118 cm³/mol. The highest BCUT2D eigenvalue weighted by Gasteiger charge is 2.46. The molecule has 0 saturated carbocycles. The molecule has 2 aliphatic rings. The minimum atomic E-state index is -0.655. The van der Waals surface area contributed by atoms with Crippen LogP contribution in [0, 0.1) is 0 Å². The molecule has 0 aliphatic carbocycles. The lowest BCUT2D eigenvalue weighted by molar-refractivity contribution is -0.140. The summed E-state index contributed by atoms with van der Waals surface area (Å²) in [6, 6.07) is 22.1. The molecule has 5 rings (SSSR count). The van der Waals surface area contributed by atoms with Gasteiger partial charge in [-0.1, -0.05) is 66.7 Å². The number of carbonyl (C=O) groups excluding carboxylic acids is 2. The number of ether oxygens (including phenoxy) is 1. The average molecular weight is 413 g/mol. The third kappa shape index (κ3) is 3.51. The molecule has 2 fully saturated rings. The topological polar surface area (TPSA) is 66.8 Å². The van der Waals surface area contributed by atoms with E-state index in [1.54, 1.807) is 11.0 Å². The van der Waals surface area contributed by atoms with Gasteiger partial charge in [0.05, 0.1) is 17.7 Å². The lowest BCUT2D eigenvalue weighted by Crippen LogP contribution is -2.36. The number of Topliss-reactive ketones (excluding diaryl/α,β-unsaturated/α-hetero) is 1. The van der Waals surface area contributed by atoms with Gasteiger partial charge in [-0.05, 0) is 35.2 Å². The van der Waals surface area contributed by atoms with Crippen LogP contribution in [0.3, 0.4) is 0 Å². The van der Waals surface area contributed by atoms with Gasteiger partial charge in [-0.3, -0.25) is 9.59 Å². The monoisotopic (exact) mass is 413 g/mol. The number of hydrogen-bond donors (Lipinski definition) is 1. The van der Waals surface area contributed by atoms with Crippen molar-refractivity contribution in [3.8, 4) is 0 Å². The van der Waals surface area contributed by atoms with Gasteiger partial charge in [0, 0.05) is 18.7 Å². The summed E-state index contributed by atoms with van der Waals surface area (Å²) in [5.74, 6) is -1.39. The van der Waals surface area contributed by atoms with Crippen LogP contribution in [0.15, 0.2) is 78.4 Å². The fraction of sp³-hybridized carbons (Fsp3) is 0.231. The maximum Gasteiger partial charge on any atom is 0.295 e. The zero-order chi connectivity index (χ0) is 21.4. The molecule has 0 radical (unpaired) electrons. The van der Waals surface area contributed by atoms with Gasteiger partial charge in [0.1, 0.15) is 5.76 Å². The minimum Gasteiger partial charge on any atom is -0.507 e. The molecule has 156 valence electrons. The predicted octanol–water partition coefficient (Wildman–Crippen LogP) is 4.44. The van der Waals surface area contributed by atoms with E-state index in [0.717, 1.165) is 29.2 Å². The molecular formula is C26H23NO4. The maximum absolute atomic E-state index is 13.1. The largest absolute Gasteiger partial charge is 0.507 e. The molecule has 1 amide bonds. The Balaban J connectivity index is 1.63. The molecule has 0 aromatic heterocycles. The van der Waals surface area contributed by atoms with Crippen molar-refractivity contribution >= 4 is 28.2 Å². The molecule has 2 atom stereocenters. The number of amides is 1. The number of rotatable bonds is 4. The van der Waals surface area contributed by atoms with Crippen LogP contribution < -0.4 is 0 Å². The third-order valence-corrected chi connectivity index (χ3v) is 6.10. The Morgan fingerprint density at radius 1 is 0.968 bits per heavy atom. The first kappa shape index (κ1) is 19.5. The van der Waals surface area contributed by atoms with Crippen LogP contribution in [0.4, 0.5) is 0 Å². The fourth-order valence-corrected chi connectivity index (χ4v) is 4.55. The van der Waals surface area contributed by atoms with Gasteiger partial charge >= 0.3 is 0 Å². The van der Waals surface area contributed by atoms with Crippen molar-refractivity contribution in [1.82, 2.24) is 4.90 Å². The lowest BCUT2D eigenvalue weighted by atomic mass is 9.94. The normalized spacial score (nSPS) is 23.0. The van der Waals surface area contributed by atoms with Crippen LogP contribution in [0.1, 0.15) is 30.0 Å². The number of fused-ring (bicyclic) bond motifs is 1. The van der Waals surface area contributed by atoms with E-state index < -0.39 is 17.7 Å². The number of ketones is 1. The van der Waals surface area contributed by atoms with Crippen molar-refractivity contribution in [2.24, 2.45) is 0 Å². The van der Waals surface area contributed by atoms with E-state index in [4.69, 9.17) is 4.74 Å². The Labute approximate surface area is 180 Å². The van der Waals surface area contributed by atoms with Gasteiger partial charge < -0.3 is 14.7 Å². The summed E-state index contributed by atoms with van der Waals surface area (Å²) in [7, 11) is 0. The van der Waals surface area contributed by atoms with E-state index in [9.17, 15) is 14.7 Å². The van der Waals surface area contributed by atoms with Gasteiger partial charge in [0.2, 0.25) is 0 Å². The molecule has 2 unspecified atom stereocenters. The first-order valence-electron chi connectivity index (χ1n) is 10.6. The van der Waals surface area contributed by atoms with E-state index in [1.807, 2.05) is 66.7 Å². The van der Waals surface area contributed by atoms with Gasteiger partial charge in [-0.25, -0.2) is 0 Å². The Kier molecular flexibility index (Phi) is 5.04. The van der Waals surface area contributed by atoms with Gasteiger partial charge in [-0.2, -0.15) is 0 Å². The van der Waals surface area contributed by atoms with Crippen molar-refractivity contribution in [3.63, 3.8) is 0 Å². The summed E-state index contributed by atoms with van der Waals surface area (Å²) in [4.78, 5) is 27.7. The van der Waals surface area contributed by atoms with Gasteiger partial charge in [0.15, 0.2) is 0 Å². The van der Waals surface area contributed by atoms with Crippen LogP contribution in [-0.4, -0.2) is 41.0 Å². The van der Waals surface area contributed by atoms with Crippen LogP contribution >= 0.6 is 0 Å². The maximum atomic E-state index is 13.1. The number of aliphatic hydroxyl groups excluding tert-OH is 1. The first-order chi connectivity index (χ1) is 15.1. The van der Waals surface area contributed by atoms with Gasteiger partial charge in [-0.15, -0.1) is 0 Å². The van der Waals surface area contributed by atoms with Crippen molar-refractivity contribution in [2.45, 2.75) is 25.0 Å². The lowest BCUT2D eigenvalue weighted by Gasteiger charge is -2.27. The second-order valence-corrected chi connectivity index (χ2v) is 8.06. The summed E-state index contributed by atoms with van der Waals surface area (Å²) >= 11 is 0. The summed E-state index contributed by atoms with van der Waals surface area (Å²) < 4.78 is 5.73. The smallest absolute Gasteiger partial charge is 0.295 e. The van der Waals surface area contributed by atoms with E-state index >= 15 is 0 Å². The van der Waals surface area contributed by atoms with Crippen molar-refractivity contribution in [3.05, 3.63) is 89.5 Å². The first-order valence-corrected chi connectivity index (χ1v) is 10.6. The highest BCUT2D eigenvalue weighted by atomic mass is 16.5. The molecule has 5 heteroatoms. The molecule has 2 saturated heterocycles. The van der Waals surface area contributed by atoms with E-state index in [2.05, 4.69) is 0 Å². The van der Waals surface area contributed by atoms with Crippen LogP contribution in [0.5, 0.6) is 0 Å². The second kappa shape index (κ2) is 8.00. The SMILES string of the molecule is O=C1C(=O)N(CC2CCCO2)C(c2ccccc2)/C1=C(/O)c1ccc2ccccc2c1. The highest BCUT2D eigenvalue weighted by molar-refractivity contribution is 6.46. The average Bonchev–Trinajstić information content (AvgIpc) is 3.41. The molecule has 31 heavy (non-hydrogen) atoms. The molecule has 1 N–H and O–H groups in total. The summed E-state index contributed by atoms with van der Waals surface area (Å²) in [5.41, 5.74) is 1.45. The summed E-state index contributed by atoms with van der Waals surface area (Å²) in [5, 5.41) is 13.2. The Morgan fingerprint density at radius 2 is 1.71 bits per heavy atom. The molecular weight excluding hydrogens is 390 g/mol. The number of aliphatic hydroxyl groups is 1. The number of carbonyl (C=O) groups is 2. The van der Waals surface area contributed by atoms with Crippen molar-refractivity contribution in [2.75, 3.05) is 13.2 Å². The molecule has 0 bridgehead atoms. The Bertz CT molecular complexity index is 1180. The van der Waals surface area contributed by atoms with Gasteiger partial charge in [0.25, 0.3) is 11.7 Å². The van der Waals surface area contributed by atoms with Crippen molar-refractivity contribution in [1.29, 1.82) is 0 Å². The number of likely N-dealkylation sites (tertiary alicyclic amines) is 1. The molecule has 2 aliphatic heterocycles. The molecule has 5 nitrogen and oxygen atoms in total. The Morgan fingerprint density at radius 3 is 2.45 bits per heavy atom. The quantitative estimate of drug-likeness (QED) is 0.390. The van der Waals surface area contributed by atoms with Crippen molar-refractivity contribution < 1.29 is 19.4 Å². The molecule has 2 heterocycles. The van der Waals surface area contributed by atoms with Crippen LogP contribution in [-0.2, 0) is 14.3 Å². The number of nitrogens with zero attached hydrogens (tertiary/aromatic N) is 1. The summed E-state index contributed by atoms with van der Waals surface area (Å²) in [6.07, 6.45) is 1.71. The Hall–Kier alpha value is -3.44. The van der Waals surface area contributed by atoms with E-state index in [0.29, 0.717) is 18.7 Å². The minimum absolute atomic E-state index is 0.0925. The highest BCUT2D eigenvalue weighted by Crippen LogP contribution is 2.40. The molecule has 0 spiro atoms. The molecule has 3 aromatic carbocycles. The van der Waals surface area contributed by atoms with E-state index in [1.165, 1.54) is 0 Å². The standard InChI is InChI=1S/C26H23NO4/c28-24(20-13-12-17-7-4-5-10-19(17)15-20)22-23(18-8-2-1-3-9-18)27(26(30)25(22)29)16-21-11-6-14-31-21/h1-5,7-10,12-13,15,21,23,28H,6,11,14,16H2/b24-22-. The molecule has 3 aromatic rings. The third-order valence-electron chi connectivity index (χ3n) is 6.10. The van der Waals surface area contributed by atoms with E-state index in [-0.39, 0.29) is 17.4 Å². The summed E-state index contributed by atoms with van der Waals surface area (Å²) in [6.45, 7) is 1.00. The fourth-order valence-electron chi connectivity index (χ4n) is 4.55. The zero-order valence-corrected chi connectivity index (χ0v) is 17.0.